The molecule has 2 N–H and O–H groups in total. The van der Waals surface area contributed by atoms with Crippen LogP contribution in [-0.2, 0) is 6.54 Å². The minimum Gasteiger partial charge on any atom is -0.497 e. The van der Waals surface area contributed by atoms with Crippen LogP contribution in [0, 0.1) is 0 Å². The van der Waals surface area contributed by atoms with Gasteiger partial charge in [0.2, 0.25) is 0 Å². The molecule has 1 atom stereocenters. The zero-order chi connectivity index (χ0) is 13.7. The van der Waals surface area contributed by atoms with Gasteiger partial charge in [0.1, 0.15) is 24.4 Å². The average Bonchev–Trinajstić information content (AvgIpc) is 2.89. The largest absolute Gasteiger partial charge is 0.497 e. The van der Waals surface area contributed by atoms with Gasteiger partial charge < -0.3 is 15.2 Å². The van der Waals surface area contributed by atoms with Crippen LogP contribution in [0.4, 0.5) is 0 Å². The van der Waals surface area contributed by atoms with Crippen LogP contribution >= 0.6 is 0 Å². The van der Waals surface area contributed by atoms with E-state index < -0.39 is 0 Å². The highest BCUT2D eigenvalue weighted by Crippen LogP contribution is 2.16. The lowest BCUT2D eigenvalue weighted by atomic mass is 10.3. The fourth-order valence-electron chi connectivity index (χ4n) is 1.55. The molecule has 6 nitrogen and oxygen atoms in total. The number of hydrogen-bond acceptors (Lipinski definition) is 5. The van der Waals surface area contributed by atoms with Crippen LogP contribution < -0.4 is 15.2 Å². The number of hydrogen-bond donors (Lipinski definition) is 1. The molecule has 0 bridgehead atoms. The monoisotopic (exact) mass is 262 g/mol. The highest BCUT2D eigenvalue weighted by Gasteiger charge is 2.05. The van der Waals surface area contributed by atoms with E-state index in [1.165, 1.54) is 0 Å². The average molecular weight is 262 g/mol. The van der Waals surface area contributed by atoms with Gasteiger partial charge in [0.15, 0.2) is 5.82 Å². The Bertz CT molecular complexity index is 508. The third-order valence-corrected chi connectivity index (χ3v) is 2.61. The van der Waals surface area contributed by atoms with Crippen molar-refractivity contribution in [3.63, 3.8) is 0 Å². The molecule has 1 heterocycles. The van der Waals surface area contributed by atoms with Crippen LogP contribution in [0.15, 0.2) is 30.6 Å². The van der Waals surface area contributed by atoms with Crippen molar-refractivity contribution in [2.45, 2.75) is 19.5 Å². The Morgan fingerprint density at radius 3 is 2.53 bits per heavy atom. The van der Waals surface area contributed by atoms with Gasteiger partial charge in [0, 0.05) is 0 Å². The number of methoxy groups -OCH3 is 1. The maximum atomic E-state index is 5.69. The summed E-state index contributed by atoms with van der Waals surface area (Å²) < 4.78 is 12.4. The van der Waals surface area contributed by atoms with E-state index in [1.54, 1.807) is 18.1 Å². The van der Waals surface area contributed by atoms with E-state index in [2.05, 4.69) is 10.1 Å². The van der Waals surface area contributed by atoms with Crippen molar-refractivity contribution in [1.82, 2.24) is 14.8 Å². The van der Waals surface area contributed by atoms with Crippen molar-refractivity contribution >= 4 is 0 Å². The lowest BCUT2D eigenvalue weighted by Crippen LogP contribution is -2.11. The highest BCUT2D eigenvalue weighted by molar-refractivity contribution is 5.31. The highest BCUT2D eigenvalue weighted by atomic mass is 16.5. The summed E-state index contributed by atoms with van der Waals surface area (Å²) in [4.78, 5) is 4.12. The first-order valence-corrected chi connectivity index (χ1v) is 6.11. The van der Waals surface area contributed by atoms with E-state index >= 15 is 0 Å². The lowest BCUT2D eigenvalue weighted by Gasteiger charge is -2.06. The number of nitrogens with zero attached hydrogens (tertiary/aromatic N) is 3. The molecule has 0 saturated carbocycles. The Kier molecular flexibility index (Phi) is 4.35. The smallest absolute Gasteiger partial charge is 0.166 e. The maximum Gasteiger partial charge on any atom is 0.166 e. The van der Waals surface area contributed by atoms with E-state index in [4.69, 9.17) is 15.2 Å². The second-order valence-corrected chi connectivity index (χ2v) is 4.18. The standard InChI is InChI=1S/C13H18N4O2/c1-10(14)13-15-9-17(16-13)7-8-19-12-5-3-11(18-2)4-6-12/h3-6,9-10H,7-8,14H2,1-2H3. The zero-order valence-corrected chi connectivity index (χ0v) is 11.1. The van der Waals surface area contributed by atoms with Crippen molar-refractivity contribution in [3.8, 4) is 11.5 Å². The SMILES string of the molecule is COc1ccc(OCCn2cnc(C(C)N)n2)cc1. The van der Waals surface area contributed by atoms with E-state index in [-0.39, 0.29) is 6.04 Å². The first-order chi connectivity index (χ1) is 9.19. The van der Waals surface area contributed by atoms with Gasteiger partial charge in [-0.15, -0.1) is 0 Å². The second-order valence-electron chi connectivity index (χ2n) is 4.18. The van der Waals surface area contributed by atoms with E-state index in [0.717, 1.165) is 11.5 Å². The molecule has 19 heavy (non-hydrogen) atoms. The summed E-state index contributed by atoms with van der Waals surface area (Å²) in [5.74, 6) is 2.25. The number of ether oxygens (including phenoxy) is 2. The van der Waals surface area contributed by atoms with E-state index in [9.17, 15) is 0 Å². The van der Waals surface area contributed by atoms with Crippen molar-refractivity contribution < 1.29 is 9.47 Å². The molecule has 2 aromatic rings. The topological polar surface area (TPSA) is 75.2 Å². The third kappa shape index (κ3) is 3.69. The predicted octanol–water partition coefficient (Wildman–Crippen LogP) is 1.39. The maximum absolute atomic E-state index is 5.69. The Morgan fingerprint density at radius 1 is 1.26 bits per heavy atom. The fourth-order valence-corrected chi connectivity index (χ4v) is 1.55. The van der Waals surface area contributed by atoms with Crippen molar-refractivity contribution in [1.29, 1.82) is 0 Å². The first-order valence-electron chi connectivity index (χ1n) is 6.11. The normalized spacial score (nSPS) is 12.2. The Labute approximate surface area is 112 Å². The minimum atomic E-state index is -0.149. The van der Waals surface area contributed by atoms with Crippen LogP contribution in [0.3, 0.4) is 0 Å². The molecule has 6 heteroatoms. The lowest BCUT2D eigenvalue weighted by molar-refractivity contribution is 0.290. The molecule has 2 rings (SSSR count). The zero-order valence-electron chi connectivity index (χ0n) is 11.1. The van der Waals surface area contributed by atoms with Gasteiger partial charge in [0.25, 0.3) is 0 Å². The molecule has 0 aliphatic rings. The second kappa shape index (κ2) is 6.19. The molecule has 0 fully saturated rings. The van der Waals surface area contributed by atoms with Crippen LogP contribution in [0.1, 0.15) is 18.8 Å². The van der Waals surface area contributed by atoms with E-state index in [0.29, 0.717) is 19.0 Å². The molecule has 0 spiro atoms. The summed E-state index contributed by atoms with van der Waals surface area (Å²) in [5, 5.41) is 4.25. The van der Waals surface area contributed by atoms with Gasteiger partial charge >= 0.3 is 0 Å². The van der Waals surface area contributed by atoms with Crippen molar-refractivity contribution in [2.24, 2.45) is 5.73 Å². The number of benzene rings is 1. The van der Waals surface area contributed by atoms with Gasteiger partial charge in [-0.2, -0.15) is 5.10 Å². The predicted molar refractivity (Wildman–Crippen MR) is 71.1 cm³/mol. The molecule has 0 amide bonds. The molecule has 1 aromatic carbocycles. The quantitative estimate of drug-likeness (QED) is 0.851. The Morgan fingerprint density at radius 2 is 1.95 bits per heavy atom. The molecule has 1 unspecified atom stereocenters. The van der Waals surface area contributed by atoms with Crippen LogP contribution in [0.25, 0.3) is 0 Å². The van der Waals surface area contributed by atoms with Gasteiger partial charge in [0.05, 0.1) is 19.7 Å². The third-order valence-electron chi connectivity index (χ3n) is 2.61. The Balaban J connectivity index is 1.81. The first kappa shape index (κ1) is 13.4. The van der Waals surface area contributed by atoms with Gasteiger partial charge in [-0.25, -0.2) is 9.67 Å². The molecule has 0 aliphatic carbocycles. The number of aromatic nitrogens is 3. The molecular weight excluding hydrogens is 244 g/mol. The number of rotatable bonds is 6. The van der Waals surface area contributed by atoms with Gasteiger partial charge in [-0.3, -0.25) is 0 Å². The van der Waals surface area contributed by atoms with Crippen molar-refractivity contribution in [3.05, 3.63) is 36.4 Å². The molecule has 0 radical (unpaired) electrons. The van der Waals surface area contributed by atoms with Crippen LogP contribution in [-0.4, -0.2) is 28.5 Å². The molecule has 1 aromatic heterocycles. The van der Waals surface area contributed by atoms with Gasteiger partial charge in [-0.05, 0) is 31.2 Å². The summed E-state index contributed by atoms with van der Waals surface area (Å²) in [6.45, 7) is 3.01. The minimum absolute atomic E-state index is 0.149. The summed E-state index contributed by atoms with van der Waals surface area (Å²) in [6.07, 6.45) is 1.66. The number of nitrogens with two attached hydrogens (primary N) is 1. The molecule has 0 aliphatic heterocycles. The Hall–Kier alpha value is -2.08. The fraction of sp³-hybridized carbons (Fsp3) is 0.385. The van der Waals surface area contributed by atoms with E-state index in [1.807, 2.05) is 31.2 Å². The molecular formula is C13H18N4O2. The summed E-state index contributed by atoms with van der Waals surface area (Å²) in [5.41, 5.74) is 5.69. The van der Waals surface area contributed by atoms with Crippen molar-refractivity contribution in [2.75, 3.05) is 13.7 Å². The van der Waals surface area contributed by atoms with Crippen LogP contribution in [0.5, 0.6) is 11.5 Å². The van der Waals surface area contributed by atoms with Crippen LogP contribution in [0.2, 0.25) is 0 Å². The summed E-state index contributed by atoms with van der Waals surface area (Å²) in [7, 11) is 1.64. The summed E-state index contributed by atoms with van der Waals surface area (Å²) in [6, 6.07) is 7.31. The van der Waals surface area contributed by atoms with Gasteiger partial charge in [-0.1, -0.05) is 0 Å². The summed E-state index contributed by atoms with van der Waals surface area (Å²) >= 11 is 0. The molecule has 0 saturated heterocycles. The molecule has 102 valence electrons.